The Labute approximate surface area is 207 Å². The van der Waals surface area contributed by atoms with Crippen LogP contribution in [0.2, 0.25) is 0 Å². The Kier molecular flexibility index (Phi) is 4.54. The van der Waals surface area contributed by atoms with E-state index in [1.165, 1.54) is 15.8 Å². The van der Waals surface area contributed by atoms with E-state index in [2.05, 4.69) is 22.4 Å². The first-order valence-corrected chi connectivity index (χ1v) is 12.3. The molecule has 36 heavy (non-hydrogen) atoms. The second-order valence-corrected chi connectivity index (χ2v) is 9.66. The van der Waals surface area contributed by atoms with Crippen LogP contribution in [0.3, 0.4) is 0 Å². The van der Waals surface area contributed by atoms with E-state index in [9.17, 15) is 14.4 Å². The zero-order chi connectivity index (χ0) is 24.4. The molecule has 1 aliphatic carbocycles. The number of amides is 3. The molecule has 0 fully saturated rings. The monoisotopic (exact) mass is 476 g/mol. The first-order chi connectivity index (χ1) is 17.6. The predicted octanol–water partition coefficient (Wildman–Crippen LogP) is 4.48. The molecule has 7 nitrogen and oxygen atoms in total. The molecule has 2 N–H and O–H groups in total. The van der Waals surface area contributed by atoms with Crippen molar-refractivity contribution >= 4 is 34.3 Å². The Bertz CT molecular complexity index is 1570. The van der Waals surface area contributed by atoms with Gasteiger partial charge in [0, 0.05) is 27.7 Å². The molecule has 178 valence electrons. The van der Waals surface area contributed by atoms with Crippen LogP contribution >= 0.6 is 0 Å². The predicted molar refractivity (Wildman–Crippen MR) is 136 cm³/mol. The minimum atomic E-state index is -0.642. The Morgan fingerprint density at radius 2 is 1.67 bits per heavy atom. The van der Waals surface area contributed by atoms with Gasteiger partial charge in [0.1, 0.15) is 12.7 Å². The van der Waals surface area contributed by atoms with Gasteiger partial charge in [-0.3, -0.25) is 19.3 Å². The second kappa shape index (κ2) is 7.81. The molecule has 0 saturated carbocycles. The molecule has 0 radical (unpaired) electrons. The van der Waals surface area contributed by atoms with Crippen molar-refractivity contribution in [2.45, 2.75) is 31.5 Å². The molecule has 0 bridgehead atoms. The second-order valence-electron chi connectivity index (χ2n) is 9.66. The van der Waals surface area contributed by atoms with Crippen LogP contribution in [-0.2, 0) is 11.2 Å². The van der Waals surface area contributed by atoms with Gasteiger partial charge in [-0.05, 0) is 49.1 Å². The van der Waals surface area contributed by atoms with Gasteiger partial charge in [-0.1, -0.05) is 48.5 Å². The van der Waals surface area contributed by atoms with Gasteiger partial charge in [0.15, 0.2) is 0 Å². The number of hydrogen-bond donors (Lipinski definition) is 2. The first-order valence-electron chi connectivity index (χ1n) is 12.3. The number of hydrogen-bond acceptors (Lipinski definition) is 3. The van der Waals surface area contributed by atoms with Crippen molar-refractivity contribution in [2.75, 3.05) is 11.4 Å². The van der Waals surface area contributed by atoms with E-state index in [-0.39, 0.29) is 30.3 Å². The molecule has 0 unspecified atom stereocenters. The lowest BCUT2D eigenvalue weighted by atomic mass is 9.91. The number of benzene rings is 3. The van der Waals surface area contributed by atoms with Crippen LogP contribution in [0.15, 0.2) is 72.8 Å². The van der Waals surface area contributed by atoms with Crippen molar-refractivity contribution in [3.8, 4) is 0 Å². The first kappa shape index (κ1) is 20.9. The number of aryl methyl sites for hydroxylation is 1. The summed E-state index contributed by atoms with van der Waals surface area (Å²) >= 11 is 0. The van der Waals surface area contributed by atoms with Crippen molar-refractivity contribution < 1.29 is 14.4 Å². The number of carbonyl (C=O) groups excluding carboxylic acids is 3. The minimum Gasteiger partial charge on any atom is -0.356 e. The number of H-pyrrole nitrogens is 1. The van der Waals surface area contributed by atoms with Crippen LogP contribution < -0.4 is 10.2 Å². The van der Waals surface area contributed by atoms with Crippen LogP contribution in [0.1, 0.15) is 62.6 Å². The molecular weight excluding hydrogens is 452 g/mol. The van der Waals surface area contributed by atoms with E-state index < -0.39 is 6.17 Å². The fourth-order valence-electron chi connectivity index (χ4n) is 6.09. The third kappa shape index (κ3) is 2.95. The van der Waals surface area contributed by atoms with Gasteiger partial charge in [0.25, 0.3) is 11.8 Å². The number of nitrogens with zero attached hydrogens (tertiary/aromatic N) is 2. The van der Waals surface area contributed by atoms with Crippen molar-refractivity contribution in [1.29, 1.82) is 0 Å². The number of rotatable bonds is 3. The number of aromatic amines is 1. The molecule has 1 aromatic heterocycles. The largest absolute Gasteiger partial charge is 0.356 e. The quantitative estimate of drug-likeness (QED) is 0.457. The summed E-state index contributed by atoms with van der Waals surface area (Å²) in [5.74, 6) is -0.645. The van der Waals surface area contributed by atoms with E-state index in [0.717, 1.165) is 36.0 Å². The molecule has 4 aromatic rings. The summed E-state index contributed by atoms with van der Waals surface area (Å²) < 4.78 is 0. The molecular formula is C29H24N4O3. The number of nitrogens with one attached hydrogen (secondary N) is 2. The van der Waals surface area contributed by atoms with E-state index in [1.54, 1.807) is 29.2 Å². The highest BCUT2D eigenvalue weighted by Crippen LogP contribution is 2.45. The third-order valence-corrected chi connectivity index (χ3v) is 7.65. The average molecular weight is 477 g/mol. The van der Waals surface area contributed by atoms with Crippen LogP contribution in [-0.4, -0.2) is 34.2 Å². The van der Waals surface area contributed by atoms with Crippen molar-refractivity contribution in [2.24, 2.45) is 0 Å². The summed E-state index contributed by atoms with van der Waals surface area (Å²) in [5, 5.41) is 4.38. The Morgan fingerprint density at radius 3 is 2.56 bits per heavy atom. The molecule has 7 rings (SSSR count). The average Bonchev–Trinajstić information content (AvgIpc) is 3.43. The molecule has 3 amide bonds. The summed E-state index contributed by atoms with van der Waals surface area (Å²) in [5.41, 5.74) is 5.70. The van der Waals surface area contributed by atoms with E-state index in [4.69, 9.17) is 0 Å². The Morgan fingerprint density at radius 1 is 0.917 bits per heavy atom. The molecule has 0 saturated heterocycles. The lowest BCUT2D eigenvalue weighted by Crippen LogP contribution is -2.51. The number of carbonyl (C=O) groups is 3. The highest BCUT2D eigenvalue weighted by atomic mass is 16.2. The molecule has 0 spiro atoms. The molecule has 3 aliphatic rings. The van der Waals surface area contributed by atoms with Crippen molar-refractivity contribution in [3.05, 3.63) is 101 Å². The summed E-state index contributed by atoms with van der Waals surface area (Å²) in [6, 6.07) is 22.5. The molecule has 2 aliphatic heterocycles. The number of aromatic nitrogens is 1. The van der Waals surface area contributed by atoms with Gasteiger partial charge in [0.05, 0.1) is 17.3 Å². The zero-order valence-electron chi connectivity index (χ0n) is 19.5. The van der Waals surface area contributed by atoms with Crippen LogP contribution in [0.4, 0.5) is 5.69 Å². The van der Waals surface area contributed by atoms with Crippen molar-refractivity contribution in [1.82, 2.24) is 15.2 Å². The minimum absolute atomic E-state index is 0.137. The Hall–Kier alpha value is -4.39. The maximum absolute atomic E-state index is 13.6. The van der Waals surface area contributed by atoms with Gasteiger partial charge in [0.2, 0.25) is 5.91 Å². The molecule has 2 atom stereocenters. The topological polar surface area (TPSA) is 85.5 Å². The van der Waals surface area contributed by atoms with Gasteiger partial charge < -0.3 is 15.2 Å². The highest BCUT2D eigenvalue weighted by molar-refractivity contribution is 6.17. The van der Waals surface area contributed by atoms with Gasteiger partial charge in [-0.25, -0.2) is 0 Å². The van der Waals surface area contributed by atoms with Gasteiger partial charge in [-0.15, -0.1) is 0 Å². The number of para-hydroxylation sites is 2. The lowest BCUT2D eigenvalue weighted by Gasteiger charge is -2.40. The normalized spacial score (nSPS) is 20.1. The summed E-state index contributed by atoms with van der Waals surface area (Å²) in [7, 11) is 0. The lowest BCUT2D eigenvalue weighted by molar-refractivity contribution is -0.123. The standard InChI is InChI=1S/C29H24N4O3/c34-25(30-23-14-7-12-18-17-8-3-5-13-22(17)31-26(18)23)16-32-27-19-9-1-2-10-20(19)29(36)33(27)24-15-6-4-11-21(24)28(32)35/h1-6,8-11,13,15,23,27,31H,7,12,14,16H2,(H,30,34)/t23-,27-/m0/s1. The SMILES string of the molecule is O=C(CN1C(=O)c2ccccc2N2C(=O)c3ccccc3[C@@H]12)N[C@H]1CCCc2c1[nH]c1ccccc21. The van der Waals surface area contributed by atoms with E-state index in [0.29, 0.717) is 16.8 Å². The van der Waals surface area contributed by atoms with Gasteiger partial charge in [-0.2, -0.15) is 0 Å². The fourth-order valence-corrected chi connectivity index (χ4v) is 6.09. The van der Waals surface area contributed by atoms with E-state index in [1.807, 2.05) is 36.4 Å². The van der Waals surface area contributed by atoms with Crippen LogP contribution in [0.5, 0.6) is 0 Å². The number of fused-ring (bicyclic) bond motifs is 8. The van der Waals surface area contributed by atoms with E-state index >= 15 is 0 Å². The highest BCUT2D eigenvalue weighted by Gasteiger charge is 2.48. The summed E-state index contributed by atoms with van der Waals surface area (Å²) in [4.78, 5) is 47.1. The van der Waals surface area contributed by atoms with Gasteiger partial charge >= 0.3 is 0 Å². The summed E-state index contributed by atoms with van der Waals surface area (Å²) in [6.45, 7) is -0.137. The smallest absolute Gasteiger partial charge is 0.260 e. The third-order valence-electron chi connectivity index (χ3n) is 7.65. The van der Waals surface area contributed by atoms with Crippen LogP contribution in [0.25, 0.3) is 10.9 Å². The summed E-state index contributed by atoms with van der Waals surface area (Å²) in [6.07, 6.45) is 2.15. The molecule has 3 aromatic carbocycles. The molecule has 7 heteroatoms. The Balaban J connectivity index is 1.22. The van der Waals surface area contributed by atoms with Crippen molar-refractivity contribution in [3.63, 3.8) is 0 Å². The fraction of sp³-hybridized carbons (Fsp3) is 0.207. The van der Waals surface area contributed by atoms with Crippen LogP contribution in [0, 0.1) is 0 Å². The molecule has 3 heterocycles. The number of anilines is 1. The maximum atomic E-state index is 13.6. The maximum Gasteiger partial charge on any atom is 0.260 e. The zero-order valence-corrected chi connectivity index (χ0v) is 19.5.